The van der Waals surface area contributed by atoms with E-state index >= 15 is 0 Å². The highest BCUT2D eigenvalue weighted by Crippen LogP contribution is 2.07. The van der Waals surface area contributed by atoms with Crippen LogP contribution in [-0.4, -0.2) is 31.5 Å². The maximum absolute atomic E-state index is 12.0. The van der Waals surface area contributed by atoms with Gasteiger partial charge in [0.05, 0.1) is 6.54 Å². The minimum atomic E-state index is -0.0655. The van der Waals surface area contributed by atoms with Gasteiger partial charge in [0, 0.05) is 25.2 Å². The molecule has 2 aromatic rings. The molecule has 0 aliphatic heterocycles. The number of hydrogen-bond acceptors (Lipinski definition) is 2. The lowest BCUT2D eigenvalue weighted by atomic mass is 10.1. The number of nitrogens with one attached hydrogen (secondary N) is 3. The van der Waals surface area contributed by atoms with Gasteiger partial charge in [-0.15, -0.1) is 0 Å². The molecular formula is C20H26N4O. The predicted octanol–water partition coefficient (Wildman–Crippen LogP) is 2.48. The molecule has 1 amide bonds. The Morgan fingerprint density at radius 2 is 1.60 bits per heavy atom. The summed E-state index contributed by atoms with van der Waals surface area (Å²) in [6.07, 6.45) is 0. The molecule has 132 valence electrons. The van der Waals surface area contributed by atoms with Crippen LogP contribution in [0.5, 0.6) is 0 Å². The van der Waals surface area contributed by atoms with Crippen LogP contribution in [0, 0.1) is 6.92 Å². The molecule has 0 aliphatic carbocycles. The van der Waals surface area contributed by atoms with Crippen molar-refractivity contribution >= 4 is 11.9 Å². The monoisotopic (exact) mass is 338 g/mol. The second-order valence-electron chi connectivity index (χ2n) is 5.67. The van der Waals surface area contributed by atoms with Gasteiger partial charge in [0.1, 0.15) is 0 Å². The molecule has 0 unspecified atom stereocenters. The van der Waals surface area contributed by atoms with Crippen molar-refractivity contribution in [2.45, 2.75) is 20.4 Å². The smallest absolute Gasteiger partial charge is 0.251 e. The SMILES string of the molecule is CCNC(=NCc1ccccc1C)NCCNC(=O)c1ccccc1. The van der Waals surface area contributed by atoms with Crippen molar-refractivity contribution in [1.82, 2.24) is 16.0 Å². The molecule has 2 aromatic carbocycles. The molecule has 0 heterocycles. The number of hydrogen-bond donors (Lipinski definition) is 3. The van der Waals surface area contributed by atoms with Crippen molar-refractivity contribution in [3.8, 4) is 0 Å². The van der Waals surface area contributed by atoms with Crippen LogP contribution in [0.25, 0.3) is 0 Å². The molecule has 5 nitrogen and oxygen atoms in total. The van der Waals surface area contributed by atoms with Crippen LogP contribution in [0.4, 0.5) is 0 Å². The van der Waals surface area contributed by atoms with E-state index in [4.69, 9.17) is 0 Å². The maximum atomic E-state index is 12.0. The Morgan fingerprint density at radius 1 is 0.920 bits per heavy atom. The van der Waals surface area contributed by atoms with Crippen LogP contribution >= 0.6 is 0 Å². The first-order chi connectivity index (χ1) is 12.2. The second-order valence-corrected chi connectivity index (χ2v) is 5.67. The summed E-state index contributed by atoms with van der Waals surface area (Å²) in [5.41, 5.74) is 3.11. The molecule has 25 heavy (non-hydrogen) atoms. The second kappa shape index (κ2) is 10.1. The molecule has 0 aromatic heterocycles. The van der Waals surface area contributed by atoms with E-state index in [1.165, 1.54) is 11.1 Å². The van der Waals surface area contributed by atoms with Gasteiger partial charge in [-0.2, -0.15) is 0 Å². The van der Waals surface area contributed by atoms with Gasteiger partial charge in [0.25, 0.3) is 5.91 Å². The summed E-state index contributed by atoms with van der Waals surface area (Å²) >= 11 is 0. The summed E-state index contributed by atoms with van der Waals surface area (Å²) in [4.78, 5) is 16.6. The van der Waals surface area contributed by atoms with Gasteiger partial charge in [-0.25, -0.2) is 4.99 Å². The Balaban J connectivity index is 1.80. The van der Waals surface area contributed by atoms with Crippen LogP contribution in [0.3, 0.4) is 0 Å². The third-order valence-corrected chi connectivity index (χ3v) is 3.75. The van der Waals surface area contributed by atoms with Crippen LogP contribution in [0.1, 0.15) is 28.4 Å². The summed E-state index contributed by atoms with van der Waals surface area (Å²) in [5, 5.41) is 9.35. The van der Waals surface area contributed by atoms with Crippen molar-refractivity contribution in [2.24, 2.45) is 4.99 Å². The Kier molecular flexibility index (Phi) is 7.50. The van der Waals surface area contributed by atoms with E-state index in [0.717, 1.165) is 12.5 Å². The Labute approximate surface area is 149 Å². The van der Waals surface area contributed by atoms with E-state index in [1.54, 1.807) is 12.1 Å². The lowest BCUT2D eigenvalue weighted by Crippen LogP contribution is -2.41. The molecule has 0 aliphatic rings. The third kappa shape index (κ3) is 6.30. The molecule has 0 saturated heterocycles. The van der Waals surface area contributed by atoms with E-state index in [0.29, 0.717) is 25.2 Å². The van der Waals surface area contributed by atoms with Gasteiger partial charge in [-0.05, 0) is 37.1 Å². The highest BCUT2D eigenvalue weighted by atomic mass is 16.1. The zero-order valence-electron chi connectivity index (χ0n) is 14.9. The van der Waals surface area contributed by atoms with Gasteiger partial charge in [0.2, 0.25) is 0 Å². The lowest BCUT2D eigenvalue weighted by Gasteiger charge is -2.12. The predicted molar refractivity (Wildman–Crippen MR) is 103 cm³/mol. The van der Waals surface area contributed by atoms with Gasteiger partial charge < -0.3 is 16.0 Å². The summed E-state index contributed by atoms with van der Waals surface area (Å²) in [6, 6.07) is 17.4. The first-order valence-electron chi connectivity index (χ1n) is 8.60. The number of rotatable bonds is 7. The Morgan fingerprint density at radius 3 is 2.32 bits per heavy atom. The topological polar surface area (TPSA) is 65.5 Å². The molecule has 0 spiro atoms. The highest BCUT2D eigenvalue weighted by Gasteiger charge is 2.03. The van der Waals surface area contributed by atoms with Gasteiger partial charge in [0.15, 0.2) is 5.96 Å². The largest absolute Gasteiger partial charge is 0.357 e. The molecule has 0 atom stereocenters. The van der Waals surface area contributed by atoms with Crippen molar-refractivity contribution < 1.29 is 4.79 Å². The van der Waals surface area contributed by atoms with Crippen LogP contribution < -0.4 is 16.0 Å². The summed E-state index contributed by atoms with van der Waals surface area (Å²) in [6.45, 7) is 6.67. The van der Waals surface area contributed by atoms with Crippen molar-refractivity contribution in [3.05, 3.63) is 71.3 Å². The zero-order valence-corrected chi connectivity index (χ0v) is 14.9. The highest BCUT2D eigenvalue weighted by molar-refractivity contribution is 5.94. The van der Waals surface area contributed by atoms with E-state index in [2.05, 4.69) is 40.0 Å². The number of aryl methyl sites for hydroxylation is 1. The average Bonchev–Trinajstić information content (AvgIpc) is 2.64. The van der Waals surface area contributed by atoms with E-state index in [1.807, 2.05) is 37.3 Å². The summed E-state index contributed by atoms with van der Waals surface area (Å²) in [5.74, 6) is 0.684. The van der Waals surface area contributed by atoms with Crippen molar-refractivity contribution in [2.75, 3.05) is 19.6 Å². The Bertz CT molecular complexity index is 698. The lowest BCUT2D eigenvalue weighted by molar-refractivity contribution is 0.0954. The number of nitrogens with zero attached hydrogens (tertiary/aromatic N) is 1. The fourth-order valence-corrected chi connectivity index (χ4v) is 2.34. The summed E-state index contributed by atoms with van der Waals surface area (Å²) < 4.78 is 0. The number of carbonyl (C=O) groups is 1. The van der Waals surface area contributed by atoms with Gasteiger partial charge in [-0.1, -0.05) is 42.5 Å². The first-order valence-corrected chi connectivity index (χ1v) is 8.60. The molecule has 0 fully saturated rings. The number of benzene rings is 2. The maximum Gasteiger partial charge on any atom is 0.251 e. The van der Waals surface area contributed by atoms with Gasteiger partial charge in [-0.3, -0.25) is 4.79 Å². The van der Waals surface area contributed by atoms with Crippen LogP contribution in [-0.2, 0) is 6.54 Å². The average molecular weight is 338 g/mol. The summed E-state index contributed by atoms with van der Waals surface area (Å²) in [7, 11) is 0. The fourth-order valence-electron chi connectivity index (χ4n) is 2.34. The van der Waals surface area contributed by atoms with Crippen LogP contribution in [0.15, 0.2) is 59.6 Å². The normalized spacial score (nSPS) is 11.0. The van der Waals surface area contributed by atoms with E-state index in [-0.39, 0.29) is 5.91 Å². The minimum absolute atomic E-state index is 0.0655. The van der Waals surface area contributed by atoms with E-state index in [9.17, 15) is 4.79 Å². The molecule has 5 heteroatoms. The molecule has 0 bridgehead atoms. The van der Waals surface area contributed by atoms with Crippen molar-refractivity contribution in [1.29, 1.82) is 0 Å². The molecular weight excluding hydrogens is 312 g/mol. The fraction of sp³-hybridized carbons (Fsp3) is 0.300. The van der Waals surface area contributed by atoms with Crippen LogP contribution in [0.2, 0.25) is 0 Å². The molecule has 2 rings (SSSR count). The Hall–Kier alpha value is -2.82. The first kappa shape index (κ1) is 18.5. The van der Waals surface area contributed by atoms with Gasteiger partial charge >= 0.3 is 0 Å². The number of guanidine groups is 1. The number of aliphatic imine (C=N–C) groups is 1. The third-order valence-electron chi connectivity index (χ3n) is 3.75. The molecule has 0 radical (unpaired) electrons. The molecule has 0 saturated carbocycles. The zero-order chi connectivity index (χ0) is 17.9. The van der Waals surface area contributed by atoms with E-state index < -0.39 is 0 Å². The van der Waals surface area contributed by atoms with Crippen molar-refractivity contribution in [3.63, 3.8) is 0 Å². The molecule has 3 N–H and O–H groups in total. The minimum Gasteiger partial charge on any atom is -0.357 e. The number of carbonyl (C=O) groups excluding carboxylic acids is 1. The standard InChI is InChI=1S/C20H26N4O/c1-3-21-20(24-15-18-12-8-7-9-16(18)2)23-14-13-22-19(25)17-10-5-4-6-11-17/h4-12H,3,13-15H2,1-2H3,(H,22,25)(H2,21,23,24). The number of amides is 1. The quantitative estimate of drug-likeness (QED) is 0.413.